The van der Waals surface area contributed by atoms with Crippen molar-refractivity contribution < 1.29 is 5.11 Å². The quantitative estimate of drug-likeness (QED) is 0.820. The average Bonchev–Trinajstić information content (AvgIpc) is 2.74. The molecule has 0 amide bonds. The molecule has 0 saturated heterocycles. The number of hydrogen-bond acceptors (Lipinski definition) is 2. The van der Waals surface area contributed by atoms with Gasteiger partial charge in [-0.2, -0.15) is 0 Å². The molecule has 1 fully saturated rings. The zero-order chi connectivity index (χ0) is 10.7. The minimum atomic E-state index is 0.419. The predicted molar refractivity (Wildman–Crippen MR) is 61.8 cm³/mol. The predicted octanol–water partition coefficient (Wildman–Crippen LogP) is 2.77. The summed E-state index contributed by atoms with van der Waals surface area (Å²) in [6.07, 6.45) is 5.33. The smallest absolute Gasteiger partial charge is 0.120 e. The molecule has 2 heteroatoms. The van der Waals surface area contributed by atoms with Gasteiger partial charge in [-0.05, 0) is 26.0 Å². The molecule has 0 heterocycles. The molecule has 0 aromatic heterocycles. The van der Waals surface area contributed by atoms with Gasteiger partial charge in [0.05, 0.1) is 0 Å². The maximum absolute atomic E-state index is 9.68. The number of aromatic hydroxyl groups is 1. The molecule has 15 heavy (non-hydrogen) atoms. The van der Waals surface area contributed by atoms with Crippen LogP contribution in [0.2, 0.25) is 0 Å². The number of benzene rings is 1. The van der Waals surface area contributed by atoms with E-state index in [1.165, 1.54) is 25.7 Å². The largest absolute Gasteiger partial charge is 0.508 e. The van der Waals surface area contributed by atoms with E-state index in [4.69, 9.17) is 0 Å². The van der Waals surface area contributed by atoms with Crippen LogP contribution in [-0.4, -0.2) is 23.1 Å². The maximum Gasteiger partial charge on any atom is 0.120 e. The second kappa shape index (κ2) is 4.67. The van der Waals surface area contributed by atoms with E-state index >= 15 is 0 Å². The number of nitrogens with zero attached hydrogens (tertiary/aromatic N) is 1. The molecule has 2 nitrogen and oxygen atoms in total. The van der Waals surface area contributed by atoms with Crippen LogP contribution in [0.15, 0.2) is 24.3 Å². The highest BCUT2D eigenvalue weighted by Crippen LogP contribution is 2.25. The number of rotatable bonds is 3. The maximum atomic E-state index is 9.68. The molecule has 2 rings (SSSR count). The summed E-state index contributed by atoms with van der Waals surface area (Å²) in [5, 5.41) is 9.68. The fraction of sp³-hybridized carbons (Fsp3) is 0.538. The van der Waals surface area contributed by atoms with Crippen LogP contribution in [0.1, 0.15) is 31.2 Å². The van der Waals surface area contributed by atoms with E-state index in [2.05, 4.69) is 11.9 Å². The Kier molecular flexibility index (Phi) is 3.27. The van der Waals surface area contributed by atoms with Gasteiger partial charge in [-0.15, -0.1) is 0 Å². The lowest BCUT2D eigenvalue weighted by molar-refractivity contribution is 0.234. The summed E-state index contributed by atoms with van der Waals surface area (Å²) in [6.45, 7) is 0.858. The molecule has 0 bridgehead atoms. The molecule has 0 unspecified atom stereocenters. The molecule has 1 N–H and O–H groups in total. The van der Waals surface area contributed by atoms with Crippen molar-refractivity contribution in [2.24, 2.45) is 0 Å². The monoisotopic (exact) mass is 205 g/mol. The Morgan fingerprint density at radius 3 is 2.60 bits per heavy atom. The van der Waals surface area contributed by atoms with Crippen molar-refractivity contribution in [1.82, 2.24) is 4.90 Å². The molecular weight excluding hydrogens is 186 g/mol. The van der Waals surface area contributed by atoms with E-state index in [-0.39, 0.29) is 0 Å². The van der Waals surface area contributed by atoms with Crippen LogP contribution in [0.5, 0.6) is 5.75 Å². The fourth-order valence-corrected chi connectivity index (χ4v) is 2.39. The lowest BCUT2D eigenvalue weighted by atomic mass is 10.1. The Bertz CT molecular complexity index is 318. The average molecular weight is 205 g/mol. The standard InChI is InChI=1S/C13H19NO/c1-14(12-7-3-4-8-12)10-11-6-2-5-9-13(11)15/h2,5-6,9,12,15H,3-4,7-8,10H2,1H3. The number of para-hydroxylation sites is 1. The summed E-state index contributed by atoms with van der Waals surface area (Å²) in [4.78, 5) is 2.36. The molecule has 1 aliphatic rings. The first kappa shape index (κ1) is 10.5. The summed E-state index contributed by atoms with van der Waals surface area (Å²) >= 11 is 0. The molecule has 1 aliphatic carbocycles. The van der Waals surface area contributed by atoms with Gasteiger partial charge in [0.2, 0.25) is 0 Å². The summed E-state index contributed by atoms with van der Waals surface area (Å²) in [5.74, 6) is 0.419. The third-order valence-electron chi connectivity index (χ3n) is 3.36. The van der Waals surface area contributed by atoms with Crippen molar-refractivity contribution in [2.45, 2.75) is 38.3 Å². The molecule has 0 aliphatic heterocycles. The topological polar surface area (TPSA) is 23.5 Å². The number of phenols is 1. The Balaban J connectivity index is 1.99. The number of hydrogen-bond donors (Lipinski definition) is 1. The van der Waals surface area contributed by atoms with Gasteiger partial charge < -0.3 is 5.11 Å². The molecule has 0 atom stereocenters. The van der Waals surface area contributed by atoms with Crippen LogP contribution in [0, 0.1) is 0 Å². The van der Waals surface area contributed by atoms with Crippen LogP contribution in [0.25, 0.3) is 0 Å². The van der Waals surface area contributed by atoms with Gasteiger partial charge in [-0.25, -0.2) is 0 Å². The summed E-state index contributed by atoms with van der Waals surface area (Å²) in [6, 6.07) is 8.33. The van der Waals surface area contributed by atoms with E-state index in [0.29, 0.717) is 11.8 Å². The van der Waals surface area contributed by atoms with E-state index in [1.54, 1.807) is 6.07 Å². The lowest BCUT2D eigenvalue weighted by Crippen LogP contribution is -2.28. The molecule has 1 aromatic carbocycles. The van der Waals surface area contributed by atoms with Crippen LogP contribution < -0.4 is 0 Å². The van der Waals surface area contributed by atoms with Gasteiger partial charge >= 0.3 is 0 Å². The fourth-order valence-electron chi connectivity index (χ4n) is 2.39. The van der Waals surface area contributed by atoms with Crippen molar-refractivity contribution in [2.75, 3.05) is 7.05 Å². The zero-order valence-corrected chi connectivity index (χ0v) is 9.32. The highest BCUT2D eigenvalue weighted by atomic mass is 16.3. The highest BCUT2D eigenvalue weighted by molar-refractivity contribution is 5.31. The molecule has 1 aromatic rings. The first-order chi connectivity index (χ1) is 7.27. The Morgan fingerprint density at radius 1 is 1.27 bits per heavy atom. The van der Waals surface area contributed by atoms with Crippen LogP contribution in [0.4, 0.5) is 0 Å². The first-order valence-corrected chi connectivity index (χ1v) is 5.74. The van der Waals surface area contributed by atoms with Crippen molar-refractivity contribution in [3.05, 3.63) is 29.8 Å². The van der Waals surface area contributed by atoms with Crippen molar-refractivity contribution in [3.63, 3.8) is 0 Å². The molecule has 0 radical (unpaired) electrons. The van der Waals surface area contributed by atoms with Gasteiger partial charge in [0.1, 0.15) is 5.75 Å². The van der Waals surface area contributed by atoms with Gasteiger partial charge in [-0.1, -0.05) is 31.0 Å². The summed E-state index contributed by atoms with van der Waals surface area (Å²) in [7, 11) is 2.16. The molecule has 82 valence electrons. The van der Waals surface area contributed by atoms with Crippen LogP contribution in [-0.2, 0) is 6.54 Å². The summed E-state index contributed by atoms with van der Waals surface area (Å²) in [5.41, 5.74) is 1.03. The lowest BCUT2D eigenvalue weighted by Gasteiger charge is -2.24. The molecule has 0 spiro atoms. The Labute approximate surface area is 91.5 Å². The molecule has 1 saturated carbocycles. The van der Waals surface area contributed by atoms with E-state index in [1.807, 2.05) is 18.2 Å². The van der Waals surface area contributed by atoms with Gasteiger partial charge in [0.25, 0.3) is 0 Å². The van der Waals surface area contributed by atoms with Gasteiger partial charge in [0, 0.05) is 18.2 Å². The van der Waals surface area contributed by atoms with Gasteiger partial charge in [-0.3, -0.25) is 4.90 Å². The Morgan fingerprint density at radius 2 is 1.93 bits per heavy atom. The third-order valence-corrected chi connectivity index (χ3v) is 3.36. The van der Waals surface area contributed by atoms with E-state index in [0.717, 1.165) is 12.1 Å². The minimum absolute atomic E-state index is 0.419. The zero-order valence-electron chi connectivity index (χ0n) is 9.32. The van der Waals surface area contributed by atoms with Gasteiger partial charge in [0.15, 0.2) is 0 Å². The second-order valence-electron chi connectivity index (χ2n) is 4.48. The highest BCUT2D eigenvalue weighted by Gasteiger charge is 2.19. The second-order valence-corrected chi connectivity index (χ2v) is 4.48. The van der Waals surface area contributed by atoms with Crippen molar-refractivity contribution in [3.8, 4) is 5.75 Å². The third kappa shape index (κ3) is 2.51. The molecular formula is C13H19NO. The normalized spacial score (nSPS) is 17.5. The Hall–Kier alpha value is -1.02. The SMILES string of the molecule is CN(Cc1ccccc1O)C1CCCC1. The minimum Gasteiger partial charge on any atom is -0.508 e. The van der Waals surface area contributed by atoms with Crippen molar-refractivity contribution >= 4 is 0 Å². The van der Waals surface area contributed by atoms with E-state index < -0.39 is 0 Å². The number of phenolic OH excluding ortho intramolecular Hbond substituents is 1. The first-order valence-electron chi connectivity index (χ1n) is 5.74. The van der Waals surface area contributed by atoms with Crippen molar-refractivity contribution in [1.29, 1.82) is 0 Å². The summed E-state index contributed by atoms with van der Waals surface area (Å²) < 4.78 is 0. The van der Waals surface area contributed by atoms with E-state index in [9.17, 15) is 5.11 Å². The van der Waals surface area contributed by atoms with Crippen LogP contribution in [0.3, 0.4) is 0 Å². The van der Waals surface area contributed by atoms with Crippen LogP contribution >= 0.6 is 0 Å².